The van der Waals surface area contributed by atoms with Gasteiger partial charge >= 0.3 is 11.5 Å². The lowest BCUT2D eigenvalue weighted by atomic mass is 10.0. The number of nitrogens with zero attached hydrogens (tertiary/aromatic N) is 3. The number of alkyl halides is 4. The number of halogens is 4. The number of amides is 3. The van der Waals surface area contributed by atoms with E-state index in [2.05, 4.69) is 26.1 Å². The van der Waals surface area contributed by atoms with E-state index in [9.17, 15) is 27.2 Å². The zero-order chi connectivity index (χ0) is 26.3. The standard InChI is InChI=1S/C21H20F4N6O4S2/c22-10-7-31(14(33)8-32)5-4-11(10)27-12-3-1-2-9-15(12)36-17(16(9)37-21(23,24)25)18-29-19(35-30-18)13-6-26-20(34)28-13/h1-3,10-11,13,27,32H,4-8H2,(H2,26,28,34)/t10-,11+,13+/m0/s1. The van der Waals surface area contributed by atoms with Crippen molar-refractivity contribution in [2.75, 3.05) is 31.6 Å². The van der Waals surface area contributed by atoms with E-state index in [1.54, 1.807) is 12.1 Å². The van der Waals surface area contributed by atoms with E-state index in [4.69, 9.17) is 9.63 Å². The van der Waals surface area contributed by atoms with Gasteiger partial charge in [0.05, 0.1) is 27.9 Å². The molecule has 4 N–H and O–H groups in total. The fourth-order valence-electron chi connectivity index (χ4n) is 4.24. The highest BCUT2D eigenvalue weighted by Crippen LogP contribution is 2.50. The van der Waals surface area contributed by atoms with Crippen LogP contribution < -0.4 is 16.0 Å². The van der Waals surface area contributed by atoms with Crippen LogP contribution in [0.1, 0.15) is 18.4 Å². The molecule has 16 heteroatoms. The summed E-state index contributed by atoms with van der Waals surface area (Å²) in [5, 5.41) is 21.4. The molecule has 3 aromatic rings. The molecule has 37 heavy (non-hydrogen) atoms. The summed E-state index contributed by atoms with van der Waals surface area (Å²) in [7, 11) is 0. The lowest BCUT2D eigenvalue weighted by Gasteiger charge is -2.35. The number of aliphatic hydroxyl groups excluding tert-OH is 1. The molecule has 2 fully saturated rings. The number of anilines is 1. The van der Waals surface area contributed by atoms with Crippen LogP contribution >= 0.6 is 23.1 Å². The number of urea groups is 1. The van der Waals surface area contributed by atoms with Crippen LogP contribution in [0.3, 0.4) is 0 Å². The third-order valence-electron chi connectivity index (χ3n) is 5.97. The van der Waals surface area contributed by atoms with Crippen LogP contribution in [0.4, 0.5) is 28.0 Å². The third-order valence-corrected chi connectivity index (χ3v) is 8.20. The monoisotopic (exact) mass is 560 g/mol. The van der Waals surface area contributed by atoms with Crippen LogP contribution in [0.2, 0.25) is 0 Å². The number of nitrogens with one attached hydrogen (secondary N) is 3. The predicted octanol–water partition coefficient (Wildman–Crippen LogP) is 3.26. The van der Waals surface area contributed by atoms with E-state index in [0.717, 1.165) is 11.3 Å². The molecule has 3 amide bonds. The molecule has 2 aromatic heterocycles. The Balaban J connectivity index is 1.48. The normalized spacial score (nSPS) is 22.2. The highest BCUT2D eigenvalue weighted by molar-refractivity contribution is 8.00. The number of likely N-dealkylation sites (tertiary alicyclic amines) is 1. The Bertz CT molecular complexity index is 1330. The lowest BCUT2D eigenvalue weighted by Crippen LogP contribution is -2.50. The van der Waals surface area contributed by atoms with Gasteiger partial charge in [-0.1, -0.05) is 17.3 Å². The van der Waals surface area contributed by atoms with Crippen molar-refractivity contribution >= 4 is 50.8 Å². The Morgan fingerprint density at radius 3 is 2.86 bits per heavy atom. The van der Waals surface area contributed by atoms with Crippen molar-refractivity contribution in [2.24, 2.45) is 0 Å². The smallest absolute Gasteiger partial charge is 0.387 e. The van der Waals surface area contributed by atoms with Crippen LogP contribution in [0.5, 0.6) is 0 Å². The van der Waals surface area contributed by atoms with Crippen LogP contribution in [0.15, 0.2) is 27.6 Å². The topological polar surface area (TPSA) is 133 Å². The maximum atomic E-state index is 14.9. The summed E-state index contributed by atoms with van der Waals surface area (Å²) >= 11 is 0.707. The first kappa shape index (κ1) is 25.5. The number of carbonyl (C=O) groups is 2. The van der Waals surface area contributed by atoms with Gasteiger partial charge in [-0.15, -0.1) is 11.3 Å². The number of hydrogen-bond acceptors (Lipinski definition) is 9. The van der Waals surface area contributed by atoms with E-state index < -0.39 is 42.3 Å². The molecule has 198 valence electrons. The molecule has 3 atom stereocenters. The van der Waals surface area contributed by atoms with Gasteiger partial charge in [0.2, 0.25) is 11.7 Å². The number of aliphatic hydroxyl groups is 1. The number of hydrogen-bond donors (Lipinski definition) is 4. The molecule has 2 saturated heterocycles. The minimum absolute atomic E-state index is 0.0524. The van der Waals surface area contributed by atoms with Crippen molar-refractivity contribution in [3.8, 4) is 10.7 Å². The van der Waals surface area contributed by atoms with E-state index in [1.165, 1.54) is 11.0 Å². The first-order valence-electron chi connectivity index (χ1n) is 11.1. The number of rotatable bonds is 6. The quantitative estimate of drug-likeness (QED) is 0.267. The van der Waals surface area contributed by atoms with Gasteiger partial charge in [-0.25, -0.2) is 9.18 Å². The summed E-state index contributed by atoms with van der Waals surface area (Å²) in [5.74, 6) is -0.571. The van der Waals surface area contributed by atoms with Gasteiger partial charge in [-0.3, -0.25) is 4.79 Å². The number of piperidine rings is 1. The molecular formula is C21H20F4N6O4S2. The number of fused-ring (bicyclic) bond motifs is 1. The Labute approximate surface area is 214 Å². The van der Waals surface area contributed by atoms with Crippen molar-refractivity contribution in [3.05, 3.63) is 24.1 Å². The molecule has 5 rings (SSSR count). The fraction of sp³-hybridized carbons (Fsp3) is 0.429. The number of thioether (sulfide) groups is 1. The molecular weight excluding hydrogens is 540 g/mol. The number of carbonyl (C=O) groups excluding carboxylic acids is 2. The Kier molecular flexibility index (Phi) is 6.89. The summed E-state index contributed by atoms with van der Waals surface area (Å²) in [6.45, 7) is -0.478. The summed E-state index contributed by atoms with van der Waals surface area (Å²) in [6.07, 6.45) is -1.20. The molecule has 2 aliphatic rings. The fourth-order valence-corrected chi connectivity index (χ4v) is 6.35. The van der Waals surface area contributed by atoms with Crippen LogP contribution in [0.25, 0.3) is 20.8 Å². The molecule has 10 nitrogen and oxygen atoms in total. The van der Waals surface area contributed by atoms with Crippen molar-refractivity contribution in [3.63, 3.8) is 0 Å². The van der Waals surface area contributed by atoms with Gasteiger partial charge in [0.25, 0.3) is 5.89 Å². The highest BCUT2D eigenvalue weighted by Gasteiger charge is 2.36. The molecule has 0 saturated carbocycles. The maximum absolute atomic E-state index is 14.9. The number of aromatic nitrogens is 2. The molecule has 0 spiro atoms. The second-order valence-electron chi connectivity index (χ2n) is 8.41. The van der Waals surface area contributed by atoms with E-state index in [-0.39, 0.29) is 64.7 Å². The van der Waals surface area contributed by atoms with Gasteiger partial charge in [0.1, 0.15) is 18.8 Å². The van der Waals surface area contributed by atoms with Gasteiger partial charge in [-0.2, -0.15) is 18.2 Å². The second kappa shape index (κ2) is 9.98. The minimum atomic E-state index is -4.60. The van der Waals surface area contributed by atoms with Gasteiger partial charge in [0.15, 0.2) is 0 Å². The van der Waals surface area contributed by atoms with Crippen molar-refractivity contribution in [1.82, 2.24) is 25.7 Å². The average molecular weight is 561 g/mol. The first-order valence-corrected chi connectivity index (χ1v) is 12.7. The zero-order valence-corrected chi connectivity index (χ0v) is 20.5. The van der Waals surface area contributed by atoms with Crippen molar-refractivity contribution in [2.45, 2.75) is 35.1 Å². The van der Waals surface area contributed by atoms with Gasteiger partial charge in [-0.05, 0) is 24.2 Å². The molecule has 2 aliphatic heterocycles. The minimum Gasteiger partial charge on any atom is -0.387 e. The second-order valence-corrected chi connectivity index (χ2v) is 10.5. The summed E-state index contributed by atoms with van der Waals surface area (Å²) in [6, 6.07) is 3.03. The van der Waals surface area contributed by atoms with Crippen LogP contribution in [0, 0.1) is 0 Å². The number of thiophene rings is 1. The molecule has 0 radical (unpaired) electrons. The number of benzene rings is 1. The summed E-state index contributed by atoms with van der Waals surface area (Å²) < 4.78 is 61.1. The Hall–Kier alpha value is -3.11. The summed E-state index contributed by atoms with van der Waals surface area (Å²) in [5.41, 5.74) is -4.17. The SMILES string of the molecule is O=C1NC[C@H](c2nc(-c3sc4c(N[C@@H]5CCN(C(=O)CO)C[C@@H]5F)cccc4c3SC(F)(F)F)no2)N1. The van der Waals surface area contributed by atoms with E-state index in [0.29, 0.717) is 10.4 Å². The van der Waals surface area contributed by atoms with Crippen LogP contribution in [-0.2, 0) is 4.79 Å². The van der Waals surface area contributed by atoms with E-state index >= 15 is 0 Å². The van der Waals surface area contributed by atoms with E-state index in [1.807, 2.05) is 0 Å². The largest absolute Gasteiger partial charge is 0.446 e. The molecule has 0 unspecified atom stereocenters. The van der Waals surface area contributed by atoms with Gasteiger partial charge < -0.3 is 30.5 Å². The third kappa shape index (κ3) is 5.31. The molecule has 1 aromatic carbocycles. The maximum Gasteiger partial charge on any atom is 0.446 e. The first-order chi connectivity index (χ1) is 17.6. The predicted molar refractivity (Wildman–Crippen MR) is 127 cm³/mol. The molecule has 4 heterocycles. The van der Waals surface area contributed by atoms with Gasteiger partial charge in [0, 0.05) is 23.4 Å². The van der Waals surface area contributed by atoms with Crippen LogP contribution in [-0.4, -0.2) is 76.0 Å². The molecule has 0 aliphatic carbocycles. The molecule has 0 bridgehead atoms. The Morgan fingerprint density at radius 2 is 2.19 bits per heavy atom. The average Bonchev–Trinajstić information content (AvgIpc) is 3.58. The lowest BCUT2D eigenvalue weighted by molar-refractivity contribution is -0.136. The summed E-state index contributed by atoms with van der Waals surface area (Å²) in [4.78, 5) is 28.6. The zero-order valence-electron chi connectivity index (χ0n) is 18.8. The van der Waals surface area contributed by atoms with Crippen molar-refractivity contribution in [1.29, 1.82) is 0 Å². The Morgan fingerprint density at radius 1 is 1.38 bits per heavy atom. The highest BCUT2D eigenvalue weighted by atomic mass is 32.2. The van der Waals surface area contributed by atoms with Crippen molar-refractivity contribution < 1.29 is 36.8 Å².